The molecule has 3 aromatic rings. The molecule has 0 aromatic heterocycles. The lowest BCUT2D eigenvalue weighted by molar-refractivity contribution is 0.0952. The molecule has 2 N–H and O–H groups in total. The number of nitrogens with one attached hydrogen (secondary N) is 1. The van der Waals surface area contributed by atoms with E-state index in [1.165, 1.54) is 6.21 Å². The molecule has 0 spiro atoms. The number of hydrogen-bond acceptors (Lipinski definition) is 5. The van der Waals surface area contributed by atoms with Gasteiger partial charge in [-0.1, -0.05) is 24.3 Å². The standard InChI is InChI=1S/C20H16N2O4/c1-12-6-18-19(26-11-25-18)9-15(12)10-21-22-20(24)16-7-13-4-2-3-5-14(13)8-17(16)23/h2-10,23H,11H2,1H3,(H,22,24). The molecule has 1 heterocycles. The molecule has 0 unspecified atom stereocenters. The first-order chi connectivity index (χ1) is 12.6. The van der Waals surface area contributed by atoms with Crippen LogP contribution in [0.4, 0.5) is 0 Å². The van der Waals surface area contributed by atoms with Crippen molar-refractivity contribution in [2.45, 2.75) is 6.92 Å². The molecule has 6 heteroatoms. The summed E-state index contributed by atoms with van der Waals surface area (Å²) in [6, 6.07) is 14.4. The van der Waals surface area contributed by atoms with Crippen molar-refractivity contribution >= 4 is 22.9 Å². The Morgan fingerprint density at radius 1 is 1.12 bits per heavy atom. The molecule has 1 amide bonds. The van der Waals surface area contributed by atoms with Gasteiger partial charge in [0.05, 0.1) is 11.8 Å². The number of aryl methyl sites for hydroxylation is 1. The summed E-state index contributed by atoms with van der Waals surface area (Å²) < 4.78 is 10.7. The summed E-state index contributed by atoms with van der Waals surface area (Å²) >= 11 is 0. The van der Waals surface area contributed by atoms with Gasteiger partial charge in [-0.3, -0.25) is 4.79 Å². The van der Waals surface area contributed by atoms with Crippen LogP contribution >= 0.6 is 0 Å². The number of phenols is 1. The summed E-state index contributed by atoms with van der Waals surface area (Å²) in [5.41, 5.74) is 4.36. The average molecular weight is 348 g/mol. The van der Waals surface area contributed by atoms with Crippen molar-refractivity contribution in [3.63, 3.8) is 0 Å². The molecule has 0 saturated carbocycles. The number of hydrogen-bond donors (Lipinski definition) is 2. The lowest BCUT2D eigenvalue weighted by Crippen LogP contribution is -2.17. The zero-order valence-corrected chi connectivity index (χ0v) is 14.0. The highest BCUT2D eigenvalue weighted by Crippen LogP contribution is 2.34. The first-order valence-corrected chi connectivity index (χ1v) is 8.07. The number of hydrazone groups is 1. The number of ether oxygens (including phenoxy) is 2. The number of carbonyl (C=O) groups excluding carboxylic acids is 1. The van der Waals surface area contributed by atoms with Crippen LogP contribution in [0.1, 0.15) is 21.5 Å². The molecular weight excluding hydrogens is 332 g/mol. The molecule has 3 aromatic carbocycles. The minimum atomic E-state index is -0.483. The van der Waals surface area contributed by atoms with Gasteiger partial charge in [0.2, 0.25) is 6.79 Å². The zero-order chi connectivity index (χ0) is 18.1. The molecule has 6 nitrogen and oxygen atoms in total. The molecule has 0 radical (unpaired) electrons. The summed E-state index contributed by atoms with van der Waals surface area (Å²) in [5, 5.41) is 15.8. The second-order valence-electron chi connectivity index (χ2n) is 5.98. The fourth-order valence-electron chi connectivity index (χ4n) is 2.83. The summed E-state index contributed by atoms with van der Waals surface area (Å²) in [6.07, 6.45) is 1.54. The van der Waals surface area contributed by atoms with Crippen molar-refractivity contribution in [1.82, 2.24) is 5.43 Å². The highest BCUT2D eigenvalue weighted by atomic mass is 16.7. The first kappa shape index (κ1) is 16.0. The molecule has 0 atom stereocenters. The molecule has 0 bridgehead atoms. The number of phenolic OH excluding ortho intramolecular Hbond substituents is 1. The molecule has 1 aliphatic rings. The maximum atomic E-state index is 12.3. The maximum absolute atomic E-state index is 12.3. The van der Waals surface area contributed by atoms with E-state index < -0.39 is 5.91 Å². The summed E-state index contributed by atoms with van der Waals surface area (Å²) in [5.74, 6) is 0.777. The largest absolute Gasteiger partial charge is 0.507 e. The highest BCUT2D eigenvalue weighted by molar-refractivity contribution is 6.01. The number of aromatic hydroxyl groups is 1. The molecule has 0 fully saturated rings. The third-order valence-electron chi connectivity index (χ3n) is 4.24. The second kappa shape index (κ2) is 6.40. The van der Waals surface area contributed by atoms with E-state index in [1.54, 1.807) is 18.2 Å². The number of amides is 1. The Morgan fingerprint density at radius 3 is 2.58 bits per heavy atom. The number of carbonyl (C=O) groups is 1. The van der Waals surface area contributed by atoms with E-state index in [9.17, 15) is 9.90 Å². The van der Waals surface area contributed by atoms with E-state index in [0.29, 0.717) is 11.5 Å². The van der Waals surface area contributed by atoms with E-state index in [4.69, 9.17) is 9.47 Å². The van der Waals surface area contributed by atoms with E-state index in [2.05, 4.69) is 10.5 Å². The maximum Gasteiger partial charge on any atom is 0.275 e. The Balaban J connectivity index is 1.54. The van der Waals surface area contributed by atoms with Gasteiger partial charge >= 0.3 is 0 Å². The molecule has 1 aliphatic heterocycles. The fraction of sp³-hybridized carbons (Fsp3) is 0.100. The third kappa shape index (κ3) is 2.93. The van der Waals surface area contributed by atoms with Crippen molar-refractivity contribution in [2.24, 2.45) is 5.10 Å². The van der Waals surface area contributed by atoms with E-state index in [-0.39, 0.29) is 18.1 Å². The SMILES string of the molecule is Cc1cc2c(cc1C=NNC(=O)c1cc3ccccc3cc1O)OCO2. The first-order valence-electron chi connectivity index (χ1n) is 8.07. The van der Waals surface area contributed by atoms with Crippen LogP contribution < -0.4 is 14.9 Å². The van der Waals surface area contributed by atoms with Crippen LogP contribution in [0, 0.1) is 6.92 Å². The van der Waals surface area contributed by atoms with Gasteiger partial charge < -0.3 is 14.6 Å². The minimum Gasteiger partial charge on any atom is -0.507 e. The van der Waals surface area contributed by atoms with Crippen molar-refractivity contribution in [3.05, 3.63) is 65.2 Å². The van der Waals surface area contributed by atoms with Gasteiger partial charge in [-0.05, 0) is 47.5 Å². The predicted molar refractivity (Wildman–Crippen MR) is 98.0 cm³/mol. The normalized spacial score (nSPS) is 12.7. The topological polar surface area (TPSA) is 80.2 Å². The minimum absolute atomic E-state index is 0.0874. The molecule has 0 aliphatic carbocycles. The number of rotatable bonds is 3. The number of nitrogens with zero attached hydrogens (tertiary/aromatic N) is 1. The Labute approximate surface area is 149 Å². The van der Waals surface area contributed by atoms with Gasteiger partial charge in [0.15, 0.2) is 11.5 Å². The van der Waals surface area contributed by atoms with Gasteiger partial charge in [0.25, 0.3) is 5.91 Å². The second-order valence-corrected chi connectivity index (χ2v) is 5.98. The van der Waals surface area contributed by atoms with Crippen LogP contribution in [0.5, 0.6) is 17.2 Å². The number of fused-ring (bicyclic) bond motifs is 2. The third-order valence-corrected chi connectivity index (χ3v) is 4.24. The quantitative estimate of drug-likeness (QED) is 0.562. The van der Waals surface area contributed by atoms with E-state index in [1.807, 2.05) is 37.3 Å². The van der Waals surface area contributed by atoms with Crippen molar-refractivity contribution in [2.75, 3.05) is 6.79 Å². The smallest absolute Gasteiger partial charge is 0.275 e. The predicted octanol–water partition coefficient (Wildman–Crippen LogP) is 3.35. The highest BCUT2D eigenvalue weighted by Gasteiger charge is 2.15. The van der Waals surface area contributed by atoms with Gasteiger partial charge in [0.1, 0.15) is 5.75 Å². The van der Waals surface area contributed by atoms with Crippen LogP contribution in [0.25, 0.3) is 10.8 Å². The van der Waals surface area contributed by atoms with E-state index in [0.717, 1.165) is 21.9 Å². The van der Waals surface area contributed by atoms with E-state index >= 15 is 0 Å². The molecule has 0 saturated heterocycles. The van der Waals surface area contributed by atoms with Gasteiger partial charge in [0, 0.05) is 5.56 Å². The van der Waals surface area contributed by atoms with Crippen LogP contribution in [-0.2, 0) is 0 Å². The van der Waals surface area contributed by atoms with Crippen LogP contribution in [0.15, 0.2) is 53.6 Å². The molecular formula is C20H16N2O4. The van der Waals surface area contributed by atoms with Crippen molar-refractivity contribution in [1.29, 1.82) is 0 Å². The Kier molecular flexibility index (Phi) is 3.93. The Hall–Kier alpha value is -3.54. The van der Waals surface area contributed by atoms with Gasteiger partial charge in [-0.2, -0.15) is 5.10 Å². The number of benzene rings is 3. The lowest BCUT2D eigenvalue weighted by atomic mass is 10.1. The summed E-state index contributed by atoms with van der Waals surface area (Å²) in [4.78, 5) is 12.3. The lowest BCUT2D eigenvalue weighted by Gasteiger charge is -2.06. The van der Waals surface area contributed by atoms with Gasteiger partial charge in [-0.25, -0.2) is 5.43 Å². The van der Waals surface area contributed by atoms with Crippen LogP contribution in [0.2, 0.25) is 0 Å². The molecule has 130 valence electrons. The average Bonchev–Trinajstić information content (AvgIpc) is 3.08. The van der Waals surface area contributed by atoms with Crippen LogP contribution in [-0.4, -0.2) is 24.0 Å². The Bertz CT molecular complexity index is 1040. The summed E-state index contributed by atoms with van der Waals surface area (Å²) in [6.45, 7) is 2.12. The van der Waals surface area contributed by atoms with Gasteiger partial charge in [-0.15, -0.1) is 0 Å². The van der Waals surface area contributed by atoms with Crippen molar-refractivity contribution in [3.8, 4) is 17.2 Å². The molecule has 26 heavy (non-hydrogen) atoms. The molecule has 4 rings (SSSR count). The van der Waals surface area contributed by atoms with Crippen LogP contribution in [0.3, 0.4) is 0 Å². The fourth-order valence-corrected chi connectivity index (χ4v) is 2.83. The zero-order valence-electron chi connectivity index (χ0n) is 14.0. The Morgan fingerprint density at radius 2 is 1.81 bits per heavy atom. The summed E-state index contributed by atoms with van der Waals surface area (Å²) in [7, 11) is 0. The van der Waals surface area contributed by atoms with Crippen molar-refractivity contribution < 1.29 is 19.4 Å². The monoisotopic (exact) mass is 348 g/mol.